The Kier molecular flexibility index (Phi) is 7.17. The minimum atomic E-state index is -0.464. The standard InChI is InChI=1S/C18H17Cl2NO3S/c1-11-3-6-16(12(2)7-11)25-10-18(23)24-9-17(22)21-15-5-4-13(19)8-14(15)20/h3-8H,9-10H2,1-2H3,(H,21,22). The molecule has 0 unspecified atom stereocenters. The number of esters is 1. The topological polar surface area (TPSA) is 55.4 Å². The molecule has 2 aromatic carbocycles. The van der Waals surface area contributed by atoms with E-state index in [0.717, 1.165) is 10.5 Å². The summed E-state index contributed by atoms with van der Waals surface area (Å²) in [6.45, 7) is 3.64. The number of hydrogen-bond acceptors (Lipinski definition) is 4. The number of ether oxygens (including phenoxy) is 1. The molecule has 132 valence electrons. The maximum Gasteiger partial charge on any atom is 0.316 e. The van der Waals surface area contributed by atoms with E-state index in [9.17, 15) is 9.59 Å². The van der Waals surface area contributed by atoms with Crippen LogP contribution in [0.2, 0.25) is 10.0 Å². The second-order valence-corrected chi connectivity index (χ2v) is 7.25. The first-order valence-electron chi connectivity index (χ1n) is 7.45. The Hall–Kier alpha value is -1.69. The third kappa shape index (κ3) is 6.27. The zero-order chi connectivity index (χ0) is 18.4. The second-order valence-electron chi connectivity index (χ2n) is 5.39. The van der Waals surface area contributed by atoms with Gasteiger partial charge in [0.2, 0.25) is 0 Å². The maximum absolute atomic E-state index is 11.8. The highest BCUT2D eigenvalue weighted by molar-refractivity contribution is 8.00. The van der Waals surface area contributed by atoms with Gasteiger partial charge >= 0.3 is 5.97 Å². The average Bonchev–Trinajstić information content (AvgIpc) is 2.55. The molecular formula is C18H17Cl2NO3S. The van der Waals surface area contributed by atoms with Crippen molar-refractivity contribution in [2.24, 2.45) is 0 Å². The minimum Gasteiger partial charge on any atom is -0.455 e. The van der Waals surface area contributed by atoms with Crippen molar-refractivity contribution in [3.63, 3.8) is 0 Å². The molecular weight excluding hydrogens is 381 g/mol. The summed E-state index contributed by atoms with van der Waals surface area (Å²) < 4.78 is 4.98. The number of rotatable bonds is 6. The zero-order valence-electron chi connectivity index (χ0n) is 13.8. The molecule has 0 heterocycles. The summed E-state index contributed by atoms with van der Waals surface area (Å²) in [6, 6.07) is 10.7. The van der Waals surface area contributed by atoms with Gasteiger partial charge in [0, 0.05) is 9.92 Å². The number of carbonyl (C=O) groups is 2. The van der Waals surface area contributed by atoms with Crippen LogP contribution in [0.3, 0.4) is 0 Å². The third-order valence-electron chi connectivity index (χ3n) is 3.25. The highest BCUT2D eigenvalue weighted by Crippen LogP contribution is 2.25. The fraction of sp³-hybridized carbons (Fsp3) is 0.222. The lowest BCUT2D eigenvalue weighted by atomic mass is 10.2. The Morgan fingerprint density at radius 1 is 1.12 bits per heavy atom. The first-order valence-corrected chi connectivity index (χ1v) is 9.20. The van der Waals surface area contributed by atoms with Crippen LogP contribution in [0.5, 0.6) is 0 Å². The van der Waals surface area contributed by atoms with Crippen LogP contribution in [-0.4, -0.2) is 24.2 Å². The van der Waals surface area contributed by atoms with Crippen LogP contribution in [-0.2, 0) is 14.3 Å². The van der Waals surface area contributed by atoms with Gasteiger partial charge in [0.15, 0.2) is 6.61 Å². The molecule has 2 rings (SSSR count). The van der Waals surface area contributed by atoms with Crippen molar-refractivity contribution in [3.8, 4) is 0 Å². The van der Waals surface area contributed by atoms with Crippen LogP contribution >= 0.6 is 35.0 Å². The van der Waals surface area contributed by atoms with Crippen molar-refractivity contribution >= 4 is 52.5 Å². The fourth-order valence-corrected chi connectivity index (χ4v) is 3.33. The van der Waals surface area contributed by atoms with Crippen molar-refractivity contribution in [2.75, 3.05) is 17.7 Å². The first-order chi connectivity index (χ1) is 11.8. The Labute approximate surface area is 160 Å². The van der Waals surface area contributed by atoms with Crippen LogP contribution in [0.1, 0.15) is 11.1 Å². The molecule has 25 heavy (non-hydrogen) atoms. The van der Waals surface area contributed by atoms with E-state index in [1.165, 1.54) is 23.4 Å². The van der Waals surface area contributed by atoms with Gasteiger partial charge in [-0.3, -0.25) is 9.59 Å². The molecule has 0 aliphatic rings. The molecule has 0 atom stereocenters. The second kappa shape index (κ2) is 9.13. The summed E-state index contributed by atoms with van der Waals surface area (Å²) in [6.07, 6.45) is 0. The number of halogens is 2. The molecule has 0 aromatic heterocycles. The van der Waals surface area contributed by atoms with Gasteiger partial charge in [0.25, 0.3) is 5.91 Å². The van der Waals surface area contributed by atoms with Crippen molar-refractivity contribution in [1.29, 1.82) is 0 Å². The maximum atomic E-state index is 11.8. The van der Waals surface area contributed by atoms with Crippen molar-refractivity contribution in [1.82, 2.24) is 0 Å². The van der Waals surface area contributed by atoms with Crippen LogP contribution in [0.15, 0.2) is 41.3 Å². The minimum absolute atomic E-state index is 0.138. The predicted octanol–water partition coefficient (Wildman–Crippen LogP) is 4.88. The third-order valence-corrected chi connectivity index (χ3v) is 4.94. The van der Waals surface area contributed by atoms with Gasteiger partial charge in [-0.2, -0.15) is 0 Å². The van der Waals surface area contributed by atoms with E-state index in [2.05, 4.69) is 11.4 Å². The molecule has 0 fully saturated rings. The summed E-state index contributed by atoms with van der Waals surface area (Å²) in [4.78, 5) is 24.6. The lowest BCUT2D eigenvalue weighted by Gasteiger charge is -2.09. The number of hydrogen-bond donors (Lipinski definition) is 1. The van der Waals surface area contributed by atoms with E-state index in [0.29, 0.717) is 15.7 Å². The van der Waals surface area contributed by atoms with Gasteiger partial charge in [-0.1, -0.05) is 40.9 Å². The Morgan fingerprint density at radius 2 is 1.88 bits per heavy atom. The summed E-state index contributed by atoms with van der Waals surface area (Å²) in [7, 11) is 0. The van der Waals surface area contributed by atoms with Gasteiger partial charge in [0.1, 0.15) is 0 Å². The highest BCUT2D eigenvalue weighted by Gasteiger charge is 2.11. The highest BCUT2D eigenvalue weighted by atomic mass is 35.5. The molecule has 0 saturated carbocycles. The van der Waals surface area contributed by atoms with Crippen molar-refractivity contribution in [2.45, 2.75) is 18.7 Å². The molecule has 0 saturated heterocycles. The van der Waals surface area contributed by atoms with Gasteiger partial charge in [-0.25, -0.2) is 0 Å². The summed E-state index contributed by atoms with van der Waals surface area (Å²) in [5.41, 5.74) is 2.69. The number of thioether (sulfide) groups is 1. The smallest absolute Gasteiger partial charge is 0.316 e. The van der Waals surface area contributed by atoms with Crippen molar-refractivity contribution < 1.29 is 14.3 Å². The molecule has 1 amide bonds. The molecule has 0 radical (unpaired) electrons. The first kappa shape index (κ1) is 19.6. The summed E-state index contributed by atoms with van der Waals surface area (Å²) >= 11 is 13.1. The molecule has 7 heteroatoms. The van der Waals surface area contributed by atoms with Gasteiger partial charge in [0.05, 0.1) is 16.5 Å². The molecule has 0 aliphatic heterocycles. The largest absolute Gasteiger partial charge is 0.455 e. The van der Waals surface area contributed by atoms with Gasteiger partial charge < -0.3 is 10.1 Å². The molecule has 2 aromatic rings. The number of carbonyl (C=O) groups excluding carboxylic acids is 2. The lowest BCUT2D eigenvalue weighted by Crippen LogP contribution is -2.21. The number of benzene rings is 2. The van der Waals surface area contributed by atoms with Crippen LogP contribution in [0.4, 0.5) is 5.69 Å². The van der Waals surface area contributed by atoms with E-state index in [4.69, 9.17) is 27.9 Å². The molecule has 0 aliphatic carbocycles. The van der Waals surface area contributed by atoms with E-state index >= 15 is 0 Å². The van der Waals surface area contributed by atoms with Crippen LogP contribution < -0.4 is 5.32 Å². The van der Waals surface area contributed by atoms with Crippen LogP contribution in [0, 0.1) is 13.8 Å². The fourth-order valence-electron chi connectivity index (χ4n) is 2.06. The summed E-state index contributed by atoms with van der Waals surface area (Å²) in [5, 5.41) is 3.36. The van der Waals surface area contributed by atoms with Crippen LogP contribution in [0.25, 0.3) is 0 Å². The summed E-state index contributed by atoms with van der Waals surface area (Å²) in [5.74, 6) is -0.782. The number of anilines is 1. The SMILES string of the molecule is Cc1ccc(SCC(=O)OCC(=O)Nc2ccc(Cl)cc2Cl)c(C)c1. The Morgan fingerprint density at radius 3 is 2.56 bits per heavy atom. The monoisotopic (exact) mass is 397 g/mol. The average molecular weight is 398 g/mol. The Bertz CT molecular complexity index is 796. The van der Waals surface area contributed by atoms with Gasteiger partial charge in [-0.15, -0.1) is 11.8 Å². The number of aryl methyl sites for hydroxylation is 2. The Balaban J connectivity index is 1.78. The molecule has 0 spiro atoms. The lowest BCUT2D eigenvalue weighted by molar-refractivity contribution is -0.144. The quantitative estimate of drug-likeness (QED) is 0.557. The molecule has 1 N–H and O–H groups in total. The normalized spacial score (nSPS) is 10.4. The van der Waals surface area contributed by atoms with E-state index in [1.54, 1.807) is 12.1 Å². The van der Waals surface area contributed by atoms with E-state index in [1.807, 2.05) is 26.0 Å². The number of amides is 1. The molecule has 4 nitrogen and oxygen atoms in total. The predicted molar refractivity (Wildman–Crippen MR) is 103 cm³/mol. The van der Waals surface area contributed by atoms with Gasteiger partial charge in [-0.05, 0) is 43.7 Å². The van der Waals surface area contributed by atoms with E-state index in [-0.39, 0.29) is 12.4 Å². The molecule has 0 bridgehead atoms. The van der Waals surface area contributed by atoms with Crippen molar-refractivity contribution in [3.05, 3.63) is 57.6 Å². The van der Waals surface area contributed by atoms with E-state index < -0.39 is 11.9 Å². The zero-order valence-corrected chi connectivity index (χ0v) is 16.1. The number of nitrogens with one attached hydrogen (secondary N) is 1.